The molecular weight excluding hydrogens is 292 g/mol. The Bertz CT molecular complexity index is 438. The maximum absolute atomic E-state index is 11.9. The topological polar surface area (TPSA) is 55.1 Å². The molecular formula is C14H21BrN2O. The fourth-order valence-electron chi connectivity index (χ4n) is 1.44. The number of rotatable bonds is 3. The van der Waals surface area contributed by atoms with Crippen LogP contribution in [-0.4, -0.2) is 11.9 Å². The minimum Gasteiger partial charge on any atom is -0.327 e. The molecule has 1 atom stereocenters. The van der Waals surface area contributed by atoms with Crippen LogP contribution in [0.15, 0.2) is 22.7 Å². The van der Waals surface area contributed by atoms with E-state index < -0.39 is 0 Å². The van der Waals surface area contributed by atoms with Crippen LogP contribution in [0.1, 0.15) is 32.8 Å². The summed E-state index contributed by atoms with van der Waals surface area (Å²) < 4.78 is 0.880. The number of hydrogen-bond acceptors (Lipinski definition) is 2. The second-order valence-corrected chi connectivity index (χ2v) is 6.56. The number of carbonyl (C=O) groups excluding carboxylic acids is 1. The number of hydrogen-bond donors (Lipinski definition) is 2. The number of anilines is 1. The first-order chi connectivity index (χ1) is 8.20. The Morgan fingerprint density at radius 1 is 1.44 bits per heavy atom. The van der Waals surface area contributed by atoms with Crippen LogP contribution in [0.4, 0.5) is 5.69 Å². The summed E-state index contributed by atoms with van der Waals surface area (Å²) >= 11 is 3.42. The first-order valence-electron chi connectivity index (χ1n) is 6.01. The zero-order valence-corrected chi connectivity index (χ0v) is 13.0. The minimum atomic E-state index is -0.152. The lowest BCUT2D eigenvalue weighted by Gasteiger charge is -2.26. The lowest BCUT2D eigenvalue weighted by molar-refractivity contribution is -0.117. The number of nitrogens with one attached hydrogen (secondary N) is 1. The van der Waals surface area contributed by atoms with Gasteiger partial charge in [-0.15, -0.1) is 0 Å². The fourth-order valence-corrected chi connectivity index (χ4v) is 1.79. The van der Waals surface area contributed by atoms with Crippen LogP contribution >= 0.6 is 15.9 Å². The van der Waals surface area contributed by atoms with Crippen molar-refractivity contribution in [3.8, 4) is 0 Å². The molecule has 0 aliphatic carbocycles. The maximum Gasteiger partial charge on any atom is 0.225 e. The number of amides is 1. The molecule has 0 aliphatic rings. The zero-order chi connectivity index (χ0) is 13.9. The molecule has 0 radical (unpaired) electrons. The smallest absolute Gasteiger partial charge is 0.225 e. The molecule has 0 aromatic heterocycles. The molecule has 3 nitrogen and oxygen atoms in total. The van der Waals surface area contributed by atoms with Gasteiger partial charge in [0.2, 0.25) is 5.91 Å². The average Bonchev–Trinajstić information content (AvgIpc) is 2.22. The van der Waals surface area contributed by atoms with Crippen LogP contribution in [-0.2, 0) is 4.79 Å². The fraction of sp³-hybridized carbons (Fsp3) is 0.500. The first kappa shape index (κ1) is 15.2. The van der Waals surface area contributed by atoms with E-state index in [0.717, 1.165) is 15.7 Å². The van der Waals surface area contributed by atoms with E-state index >= 15 is 0 Å². The van der Waals surface area contributed by atoms with E-state index in [9.17, 15) is 4.79 Å². The van der Waals surface area contributed by atoms with Crippen molar-refractivity contribution < 1.29 is 4.79 Å². The second-order valence-electron chi connectivity index (χ2n) is 5.71. The highest BCUT2D eigenvalue weighted by molar-refractivity contribution is 9.10. The molecule has 1 aromatic carbocycles. The molecule has 0 aliphatic heterocycles. The van der Waals surface area contributed by atoms with Gasteiger partial charge in [-0.3, -0.25) is 4.79 Å². The van der Waals surface area contributed by atoms with Crippen molar-refractivity contribution in [1.29, 1.82) is 0 Å². The molecule has 18 heavy (non-hydrogen) atoms. The van der Waals surface area contributed by atoms with Crippen molar-refractivity contribution in [3.05, 3.63) is 28.2 Å². The summed E-state index contributed by atoms with van der Waals surface area (Å²) in [6.45, 7) is 8.09. The molecule has 1 unspecified atom stereocenters. The molecule has 0 saturated carbocycles. The Hall–Kier alpha value is -0.870. The van der Waals surface area contributed by atoms with Gasteiger partial charge in [-0.05, 0) is 46.0 Å². The van der Waals surface area contributed by atoms with E-state index in [1.807, 2.05) is 45.9 Å². The number of carbonyl (C=O) groups is 1. The molecule has 0 fully saturated rings. The highest BCUT2D eigenvalue weighted by Gasteiger charge is 2.23. The summed E-state index contributed by atoms with van der Waals surface area (Å²) in [5, 5.41) is 2.89. The van der Waals surface area contributed by atoms with E-state index in [-0.39, 0.29) is 17.4 Å². The van der Waals surface area contributed by atoms with Crippen LogP contribution in [0.2, 0.25) is 0 Å². The van der Waals surface area contributed by atoms with Crippen LogP contribution in [0.25, 0.3) is 0 Å². The summed E-state index contributed by atoms with van der Waals surface area (Å²) in [6.07, 6.45) is 0.323. The highest BCUT2D eigenvalue weighted by Crippen LogP contribution is 2.24. The van der Waals surface area contributed by atoms with Gasteiger partial charge in [-0.1, -0.05) is 26.8 Å². The van der Waals surface area contributed by atoms with Crippen molar-refractivity contribution in [1.82, 2.24) is 0 Å². The third-order valence-electron chi connectivity index (χ3n) is 2.91. The van der Waals surface area contributed by atoms with Crippen LogP contribution in [0, 0.1) is 12.3 Å². The van der Waals surface area contributed by atoms with Gasteiger partial charge in [0.1, 0.15) is 0 Å². The predicted octanol–water partition coefficient (Wildman–Crippen LogP) is 3.46. The average molecular weight is 313 g/mol. The van der Waals surface area contributed by atoms with Crippen molar-refractivity contribution in [2.45, 2.75) is 40.2 Å². The van der Waals surface area contributed by atoms with Gasteiger partial charge in [-0.2, -0.15) is 0 Å². The third kappa shape index (κ3) is 4.42. The summed E-state index contributed by atoms with van der Waals surface area (Å²) in [7, 11) is 0. The quantitative estimate of drug-likeness (QED) is 0.898. The first-order valence-corrected chi connectivity index (χ1v) is 6.81. The van der Waals surface area contributed by atoms with Gasteiger partial charge >= 0.3 is 0 Å². The Morgan fingerprint density at radius 2 is 2.06 bits per heavy atom. The van der Waals surface area contributed by atoms with E-state index in [1.54, 1.807) is 0 Å². The van der Waals surface area contributed by atoms with Gasteiger partial charge in [0.25, 0.3) is 0 Å². The van der Waals surface area contributed by atoms with Gasteiger partial charge in [0.05, 0.1) is 5.69 Å². The molecule has 1 rings (SSSR count). The Morgan fingerprint density at radius 3 is 2.61 bits per heavy atom. The van der Waals surface area contributed by atoms with E-state index in [4.69, 9.17) is 5.73 Å². The molecule has 0 bridgehead atoms. The van der Waals surface area contributed by atoms with Gasteiger partial charge in [-0.25, -0.2) is 0 Å². The van der Waals surface area contributed by atoms with Crippen molar-refractivity contribution in [2.24, 2.45) is 11.1 Å². The second kappa shape index (κ2) is 5.85. The standard InChI is InChI=1S/C14H21BrN2O/c1-9-5-6-10(15)11(7-9)17-13(18)8-12(16)14(2,3)4/h5-7,12H,8,16H2,1-4H3,(H,17,18). The number of nitrogens with two attached hydrogens (primary N) is 1. The van der Waals surface area contributed by atoms with Crippen molar-refractivity contribution >= 4 is 27.5 Å². The van der Waals surface area contributed by atoms with Crippen molar-refractivity contribution in [2.75, 3.05) is 5.32 Å². The van der Waals surface area contributed by atoms with Crippen LogP contribution in [0.3, 0.4) is 0 Å². The summed E-state index contributed by atoms with van der Waals surface area (Å²) in [5.74, 6) is -0.0521. The number of aryl methyl sites for hydroxylation is 1. The number of halogens is 1. The molecule has 0 spiro atoms. The van der Waals surface area contributed by atoms with E-state index in [1.165, 1.54) is 0 Å². The Kier molecular flexibility index (Phi) is 4.93. The summed E-state index contributed by atoms with van der Waals surface area (Å²) in [5.41, 5.74) is 7.83. The molecule has 0 saturated heterocycles. The minimum absolute atomic E-state index is 0.0521. The predicted molar refractivity (Wildman–Crippen MR) is 79.6 cm³/mol. The molecule has 100 valence electrons. The monoisotopic (exact) mass is 312 g/mol. The Labute approximate surface area is 117 Å². The molecule has 1 aromatic rings. The number of benzene rings is 1. The maximum atomic E-state index is 11.9. The van der Waals surface area contributed by atoms with Gasteiger partial charge < -0.3 is 11.1 Å². The lowest BCUT2D eigenvalue weighted by Crippen LogP contribution is -2.38. The Balaban J connectivity index is 2.68. The highest BCUT2D eigenvalue weighted by atomic mass is 79.9. The van der Waals surface area contributed by atoms with E-state index in [0.29, 0.717) is 6.42 Å². The SMILES string of the molecule is Cc1ccc(Br)c(NC(=O)CC(N)C(C)(C)C)c1. The normalized spacial score (nSPS) is 13.2. The molecule has 3 N–H and O–H groups in total. The molecule has 4 heteroatoms. The van der Waals surface area contributed by atoms with Gasteiger partial charge in [0.15, 0.2) is 0 Å². The van der Waals surface area contributed by atoms with Gasteiger partial charge in [0, 0.05) is 16.9 Å². The van der Waals surface area contributed by atoms with Crippen molar-refractivity contribution in [3.63, 3.8) is 0 Å². The largest absolute Gasteiger partial charge is 0.327 e. The third-order valence-corrected chi connectivity index (χ3v) is 3.61. The van der Waals surface area contributed by atoms with Crippen LogP contribution in [0.5, 0.6) is 0 Å². The zero-order valence-electron chi connectivity index (χ0n) is 11.4. The molecule has 1 amide bonds. The van der Waals surface area contributed by atoms with Crippen LogP contribution < -0.4 is 11.1 Å². The summed E-state index contributed by atoms with van der Waals surface area (Å²) in [6, 6.07) is 5.70. The summed E-state index contributed by atoms with van der Waals surface area (Å²) in [4.78, 5) is 11.9. The van der Waals surface area contributed by atoms with E-state index in [2.05, 4.69) is 21.2 Å². The molecule has 0 heterocycles. The lowest BCUT2D eigenvalue weighted by atomic mass is 9.85.